The zero-order valence-electron chi connectivity index (χ0n) is 11.5. The topological polar surface area (TPSA) is 70.7 Å². The van der Waals surface area contributed by atoms with Crippen LogP contribution in [0.25, 0.3) is 16.8 Å². The van der Waals surface area contributed by atoms with E-state index in [1.165, 1.54) is 13.1 Å². The Labute approximate surface area is 115 Å². The molecule has 0 saturated carbocycles. The minimum Gasteiger partial charge on any atom is -0.284 e. The lowest BCUT2D eigenvalue weighted by atomic mass is 10.2. The van der Waals surface area contributed by atoms with Gasteiger partial charge in [-0.1, -0.05) is 6.07 Å². The lowest BCUT2D eigenvalue weighted by Gasteiger charge is -2.14. The third-order valence-electron chi connectivity index (χ3n) is 3.39. The van der Waals surface area contributed by atoms with E-state index in [-0.39, 0.29) is 0 Å². The summed E-state index contributed by atoms with van der Waals surface area (Å²) in [6.45, 7) is 5.08. The SMILES string of the molecule is CC(=O)N(O)c1cnc2c(nc3c(C)cccn32)c1C. The molecule has 0 aliphatic heterocycles. The van der Waals surface area contributed by atoms with E-state index in [4.69, 9.17) is 0 Å². The summed E-state index contributed by atoms with van der Waals surface area (Å²) < 4.78 is 1.90. The quantitative estimate of drug-likeness (QED) is 0.544. The minimum absolute atomic E-state index is 0.353. The third kappa shape index (κ3) is 1.65. The number of hydroxylamine groups is 1. The highest BCUT2D eigenvalue weighted by atomic mass is 16.5. The molecule has 6 heteroatoms. The van der Waals surface area contributed by atoms with Crippen LogP contribution < -0.4 is 5.06 Å². The van der Waals surface area contributed by atoms with Crippen LogP contribution in [-0.4, -0.2) is 25.5 Å². The van der Waals surface area contributed by atoms with Crippen molar-refractivity contribution < 1.29 is 10.0 Å². The van der Waals surface area contributed by atoms with Gasteiger partial charge in [-0.2, -0.15) is 5.06 Å². The minimum atomic E-state index is -0.464. The number of aryl methyl sites for hydroxylation is 2. The summed E-state index contributed by atoms with van der Waals surface area (Å²) in [6, 6.07) is 3.91. The van der Waals surface area contributed by atoms with Crippen LogP contribution in [0, 0.1) is 13.8 Å². The molecule has 6 nitrogen and oxygen atoms in total. The van der Waals surface area contributed by atoms with Crippen molar-refractivity contribution in [1.82, 2.24) is 14.4 Å². The number of fused-ring (bicyclic) bond motifs is 3. The fourth-order valence-electron chi connectivity index (χ4n) is 2.29. The van der Waals surface area contributed by atoms with E-state index in [0.717, 1.165) is 16.8 Å². The van der Waals surface area contributed by atoms with Crippen LogP contribution in [0.3, 0.4) is 0 Å². The number of carbonyl (C=O) groups is 1. The van der Waals surface area contributed by atoms with E-state index >= 15 is 0 Å². The van der Waals surface area contributed by atoms with Crippen LogP contribution in [0.4, 0.5) is 5.69 Å². The molecule has 0 saturated heterocycles. The second kappa shape index (κ2) is 4.28. The molecule has 0 aliphatic carbocycles. The number of hydrogen-bond donors (Lipinski definition) is 1. The number of anilines is 1. The van der Waals surface area contributed by atoms with E-state index in [1.807, 2.05) is 36.6 Å². The first-order chi connectivity index (χ1) is 9.50. The molecule has 0 radical (unpaired) electrons. The third-order valence-corrected chi connectivity index (χ3v) is 3.39. The number of amides is 1. The summed E-state index contributed by atoms with van der Waals surface area (Å²) in [5.74, 6) is -0.464. The summed E-state index contributed by atoms with van der Waals surface area (Å²) in [5.41, 5.74) is 4.32. The lowest BCUT2D eigenvalue weighted by molar-refractivity contribution is -0.121. The fourth-order valence-corrected chi connectivity index (χ4v) is 2.29. The lowest BCUT2D eigenvalue weighted by Crippen LogP contribution is -2.24. The monoisotopic (exact) mass is 270 g/mol. The van der Waals surface area contributed by atoms with Gasteiger partial charge >= 0.3 is 0 Å². The van der Waals surface area contributed by atoms with Gasteiger partial charge in [0.2, 0.25) is 5.91 Å². The first-order valence-electron chi connectivity index (χ1n) is 6.23. The zero-order valence-corrected chi connectivity index (χ0v) is 11.5. The Kier molecular flexibility index (Phi) is 2.69. The van der Waals surface area contributed by atoms with E-state index in [9.17, 15) is 10.0 Å². The molecule has 102 valence electrons. The highest BCUT2D eigenvalue weighted by molar-refractivity contribution is 5.93. The van der Waals surface area contributed by atoms with Gasteiger partial charge in [0.05, 0.1) is 11.9 Å². The Bertz CT molecular complexity index is 838. The van der Waals surface area contributed by atoms with Crippen LogP contribution in [0.2, 0.25) is 0 Å². The molecule has 0 aliphatic rings. The molecule has 20 heavy (non-hydrogen) atoms. The summed E-state index contributed by atoms with van der Waals surface area (Å²) in [6.07, 6.45) is 3.38. The molecule has 0 unspecified atom stereocenters. The van der Waals surface area contributed by atoms with Crippen molar-refractivity contribution >= 4 is 28.4 Å². The Morgan fingerprint density at radius 3 is 2.80 bits per heavy atom. The molecule has 3 aromatic rings. The molecule has 0 bridgehead atoms. The van der Waals surface area contributed by atoms with Crippen LogP contribution in [0.1, 0.15) is 18.1 Å². The maximum absolute atomic E-state index is 11.3. The average molecular weight is 270 g/mol. The molecule has 0 spiro atoms. The van der Waals surface area contributed by atoms with Crippen LogP contribution in [0.15, 0.2) is 24.5 Å². The van der Waals surface area contributed by atoms with E-state index in [1.54, 1.807) is 0 Å². The molecular formula is C14H14N4O2. The second-order valence-corrected chi connectivity index (χ2v) is 4.77. The molecule has 0 fully saturated rings. The van der Waals surface area contributed by atoms with Gasteiger partial charge in [0.1, 0.15) is 11.2 Å². The average Bonchev–Trinajstić information content (AvgIpc) is 2.80. The van der Waals surface area contributed by atoms with Crippen molar-refractivity contribution in [1.29, 1.82) is 0 Å². The van der Waals surface area contributed by atoms with Crippen molar-refractivity contribution in [3.8, 4) is 0 Å². The van der Waals surface area contributed by atoms with Gasteiger partial charge in [0, 0.05) is 18.7 Å². The summed E-state index contributed by atoms with van der Waals surface area (Å²) >= 11 is 0. The van der Waals surface area contributed by atoms with Gasteiger partial charge in [-0.25, -0.2) is 9.97 Å². The number of nitrogens with zero attached hydrogens (tertiary/aromatic N) is 4. The molecular weight excluding hydrogens is 256 g/mol. The predicted octanol–water partition coefficient (Wildman–Crippen LogP) is 2.24. The maximum atomic E-state index is 11.3. The summed E-state index contributed by atoms with van der Waals surface area (Å²) in [4.78, 5) is 20.2. The highest BCUT2D eigenvalue weighted by Crippen LogP contribution is 2.26. The van der Waals surface area contributed by atoms with Crippen LogP contribution in [-0.2, 0) is 4.79 Å². The van der Waals surface area contributed by atoms with Crippen molar-refractivity contribution in [2.24, 2.45) is 0 Å². The number of carbonyl (C=O) groups excluding carboxylic acids is 1. The van der Waals surface area contributed by atoms with Crippen molar-refractivity contribution in [2.75, 3.05) is 5.06 Å². The maximum Gasteiger partial charge on any atom is 0.247 e. The zero-order chi connectivity index (χ0) is 14.4. The number of pyridine rings is 2. The predicted molar refractivity (Wildman–Crippen MR) is 74.9 cm³/mol. The first-order valence-corrected chi connectivity index (χ1v) is 6.23. The van der Waals surface area contributed by atoms with E-state index in [2.05, 4.69) is 9.97 Å². The van der Waals surface area contributed by atoms with E-state index in [0.29, 0.717) is 21.9 Å². The Morgan fingerprint density at radius 2 is 2.10 bits per heavy atom. The largest absolute Gasteiger partial charge is 0.284 e. The number of aromatic nitrogens is 3. The number of imidazole rings is 1. The van der Waals surface area contributed by atoms with Crippen LogP contribution in [0.5, 0.6) is 0 Å². The smallest absolute Gasteiger partial charge is 0.247 e. The molecule has 0 aromatic carbocycles. The molecule has 0 atom stereocenters. The molecule has 3 aromatic heterocycles. The molecule has 3 rings (SSSR count). The molecule has 3 heterocycles. The molecule has 1 amide bonds. The van der Waals surface area contributed by atoms with E-state index < -0.39 is 5.91 Å². The van der Waals surface area contributed by atoms with Crippen molar-refractivity contribution in [2.45, 2.75) is 20.8 Å². The number of hydrogen-bond acceptors (Lipinski definition) is 4. The van der Waals surface area contributed by atoms with Gasteiger partial charge in [-0.3, -0.25) is 14.4 Å². The Balaban J connectivity index is 2.36. The highest BCUT2D eigenvalue weighted by Gasteiger charge is 2.17. The van der Waals surface area contributed by atoms with Gasteiger partial charge in [0.15, 0.2) is 5.65 Å². The second-order valence-electron chi connectivity index (χ2n) is 4.77. The standard InChI is InChI=1S/C14H14N4O2/c1-8-5-4-6-17-13(8)16-12-9(2)11(7-15-14(12)17)18(20)10(3)19/h4-7,20H,1-3H3. The molecule has 1 N–H and O–H groups in total. The van der Waals surface area contributed by atoms with Crippen LogP contribution >= 0.6 is 0 Å². The van der Waals surface area contributed by atoms with Gasteiger partial charge in [0.25, 0.3) is 0 Å². The Hall–Kier alpha value is -2.47. The van der Waals surface area contributed by atoms with Gasteiger partial charge < -0.3 is 0 Å². The summed E-state index contributed by atoms with van der Waals surface area (Å²) in [7, 11) is 0. The summed E-state index contributed by atoms with van der Waals surface area (Å²) in [5, 5.41) is 10.4. The van der Waals surface area contributed by atoms with Crippen molar-refractivity contribution in [3.63, 3.8) is 0 Å². The van der Waals surface area contributed by atoms with Crippen molar-refractivity contribution in [3.05, 3.63) is 35.7 Å². The van der Waals surface area contributed by atoms with Gasteiger partial charge in [-0.15, -0.1) is 0 Å². The van der Waals surface area contributed by atoms with Gasteiger partial charge in [-0.05, 0) is 25.5 Å². The number of rotatable bonds is 1. The normalized spacial score (nSPS) is 11.2. The Morgan fingerprint density at radius 1 is 1.35 bits per heavy atom. The first kappa shape index (κ1) is 12.6. The fraction of sp³-hybridized carbons (Fsp3) is 0.214.